The number of rotatable bonds is 2. The van der Waals surface area contributed by atoms with E-state index in [9.17, 15) is 9.50 Å². The highest BCUT2D eigenvalue weighted by Gasteiger charge is 2.41. The summed E-state index contributed by atoms with van der Waals surface area (Å²) in [6.45, 7) is 0. The summed E-state index contributed by atoms with van der Waals surface area (Å²) in [7, 11) is 0. The SMILES string of the molecule is NC1CC(O)(Cc2cccc(F)c2Cl)c2ccccc21. The van der Waals surface area contributed by atoms with E-state index in [2.05, 4.69) is 0 Å². The summed E-state index contributed by atoms with van der Waals surface area (Å²) in [5, 5.41) is 11.0. The van der Waals surface area contributed by atoms with Gasteiger partial charge < -0.3 is 10.8 Å². The van der Waals surface area contributed by atoms with Gasteiger partial charge in [0.15, 0.2) is 0 Å². The predicted molar refractivity (Wildman–Crippen MR) is 77.0 cm³/mol. The van der Waals surface area contributed by atoms with E-state index in [4.69, 9.17) is 17.3 Å². The highest BCUT2D eigenvalue weighted by atomic mass is 35.5. The van der Waals surface area contributed by atoms with Gasteiger partial charge in [0.25, 0.3) is 0 Å². The molecule has 3 rings (SSSR count). The van der Waals surface area contributed by atoms with Crippen molar-refractivity contribution >= 4 is 11.6 Å². The molecular formula is C16H15ClFNO. The minimum atomic E-state index is -1.09. The average molecular weight is 292 g/mol. The molecular weight excluding hydrogens is 277 g/mol. The van der Waals surface area contributed by atoms with E-state index in [0.29, 0.717) is 12.0 Å². The van der Waals surface area contributed by atoms with Gasteiger partial charge in [0.2, 0.25) is 0 Å². The zero-order valence-electron chi connectivity index (χ0n) is 10.8. The van der Waals surface area contributed by atoms with Crippen LogP contribution in [0.4, 0.5) is 4.39 Å². The molecule has 2 aromatic rings. The number of fused-ring (bicyclic) bond motifs is 1. The Balaban J connectivity index is 2.01. The van der Waals surface area contributed by atoms with Crippen LogP contribution >= 0.6 is 11.6 Å². The summed E-state index contributed by atoms with van der Waals surface area (Å²) in [5.41, 5.74) is 7.34. The van der Waals surface area contributed by atoms with Crippen molar-refractivity contribution in [2.75, 3.05) is 0 Å². The number of halogens is 2. The molecule has 0 radical (unpaired) electrons. The highest BCUT2D eigenvalue weighted by Crippen LogP contribution is 2.44. The van der Waals surface area contributed by atoms with E-state index in [1.807, 2.05) is 24.3 Å². The molecule has 0 bridgehead atoms. The van der Waals surface area contributed by atoms with Crippen molar-refractivity contribution < 1.29 is 9.50 Å². The van der Waals surface area contributed by atoms with Crippen LogP contribution < -0.4 is 5.73 Å². The fourth-order valence-corrected chi connectivity index (χ4v) is 3.19. The van der Waals surface area contributed by atoms with Crippen LogP contribution in [0, 0.1) is 5.82 Å². The predicted octanol–water partition coefficient (Wildman–Crippen LogP) is 3.31. The van der Waals surface area contributed by atoms with E-state index < -0.39 is 11.4 Å². The van der Waals surface area contributed by atoms with Crippen LogP contribution in [-0.2, 0) is 12.0 Å². The highest BCUT2D eigenvalue weighted by molar-refractivity contribution is 6.31. The number of nitrogens with two attached hydrogens (primary N) is 1. The first-order chi connectivity index (χ1) is 9.51. The minimum absolute atomic E-state index is 0.0684. The molecule has 104 valence electrons. The quantitative estimate of drug-likeness (QED) is 0.892. The van der Waals surface area contributed by atoms with E-state index in [-0.39, 0.29) is 17.5 Å². The molecule has 0 saturated heterocycles. The van der Waals surface area contributed by atoms with E-state index in [1.54, 1.807) is 12.1 Å². The Morgan fingerprint density at radius 2 is 2.00 bits per heavy atom. The van der Waals surface area contributed by atoms with Gasteiger partial charge in [0, 0.05) is 12.5 Å². The van der Waals surface area contributed by atoms with E-state index in [1.165, 1.54) is 6.07 Å². The van der Waals surface area contributed by atoms with Gasteiger partial charge in [-0.15, -0.1) is 0 Å². The Bertz CT molecular complexity index is 661. The smallest absolute Gasteiger partial charge is 0.142 e. The maximum Gasteiger partial charge on any atom is 0.142 e. The molecule has 0 heterocycles. The minimum Gasteiger partial charge on any atom is -0.385 e. The zero-order valence-corrected chi connectivity index (χ0v) is 11.6. The van der Waals surface area contributed by atoms with Crippen LogP contribution in [-0.4, -0.2) is 5.11 Å². The molecule has 2 nitrogen and oxygen atoms in total. The van der Waals surface area contributed by atoms with Gasteiger partial charge in [0.1, 0.15) is 5.82 Å². The van der Waals surface area contributed by atoms with Crippen LogP contribution in [0.3, 0.4) is 0 Å². The molecule has 0 aliphatic heterocycles. The molecule has 0 aromatic heterocycles. The number of aliphatic hydroxyl groups is 1. The second-order valence-corrected chi connectivity index (χ2v) is 5.70. The lowest BCUT2D eigenvalue weighted by atomic mass is 9.88. The molecule has 0 amide bonds. The number of benzene rings is 2. The molecule has 0 spiro atoms. The molecule has 0 fully saturated rings. The van der Waals surface area contributed by atoms with Crippen molar-refractivity contribution in [2.45, 2.75) is 24.5 Å². The van der Waals surface area contributed by atoms with Crippen LogP contribution in [0.5, 0.6) is 0 Å². The normalized spacial score (nSPS) is 24.7. The van der Waals surface area contributed by atoms with Gasteiger partial charge in [-0.3, -0.25) is 0 Å². The number of hydrogen-bond donors (Lipinski definition) is 2. The van der Waals surface area contributed by atoms with Crippen LogP contribution in [0.15, 0.2) is 42.5 Å². The lowest BCUT2D eigenvalue weighted by Crippen LogP contribution is -2.26. The van der Waals surface area contributed by atoms with Crippen LogP contribution in [0.2, 0.25) is 5.02 Å². The molecule has 20 heavy (non-hydrogen) atoms. The molecule has 2 aromatic carbocycles. The zero-order chi connectivity index (χ0) is 14.3. The molecule has 2 atom stereocenters. The average Bonchev–Trinajstić information content (AvgIpc) is 2.68. The van der Waals surface area contributed by atoms with E-state index >= 15 is 0 Å². The second kappa shape index (κ2) is 4.85. The van der Waals surface area contributed by atoms with Crippen LogP contribution in [0.1, 0.15) is 29.2 Å². The monoisotopic (exact) mass is 291 g/mol. The van der Waals surface area contributed by atoms with Gasteiger partial charge in [0.05, 0.1) is 10.6 Å². The number of hydrogen-bond acceptors (Lipinski definition) is 2. The first-order valence-electron chi connectivity index (χ1n) is 6.51. The van der Waals surface area contributed by atoms with Crippen molar-refractivity contribution in [2.24, 2.45) is 5.73 Å². The Labute approximate surface area is 122 Å². The third-order valence-electron chi connectivity index (χ3n) is 3.93. The lowest BCUT2D eigenvalue weighted by molar-refractivity contribution is 0.0341. The fraction of sp³-hybridized carbons (Fsp3) is 0.250. The molecule has 1 aliphatic carbocycles. The molecule has 3 N–H and O–H groups in total. The molecule has 4 heteroatoms. The van der Waals surface area contributed by atoms with Gasteiger partial charge in [-0.1, -0.05) is 48.0 Å². The first kappa shape index (κ1) is 13.6. The van der Waals surface area contributed by atoms with Gasteiger partial charge in [-0.25, -0.2) is 4.39 Å². The van der Waals surface area contributed by atoms with Crippen molar-refractivity contribution in [3.8, 4) is 0 Å². The van der Waals surface area contributed by atoms with Crippen molar-refractivity contribution in [3.63, 3.8) is 0 Å². The largest absolute Gasteiger partial charge is 0.385 e. The van der Waals surface area contributed by atoms with Gasteiger partial charge in [-0.2, -0.15) is 0 Å². The third kappa shape index (κ3) is 2.12. The van der Waals surface area contributed by atoms with Crippen molar-refractivity contribution in [3.05, 3.63) is 70.0 Å². The molecule has 1 aliphatic rings. The molecule has 0 saturated carbocycles. The summed E-state index contributed by atoms with van der Waals surface area (Å²) in [6, 6.07) is 12.0. The topological polar surface area (TPSA) is 46.2 Å². The summed E-state index contributed by atoms with van der Waals surface area (Å²) in [6.07, 6.45) is 0.674. The summed E-state index contributed by atoms with van der Waals surface area (Å²) < 4.78 is 13.5. The van der Waals surface area contributed by atoms with Crippen molar-refractivity contribution in [1.82, 2.24) is 0 Å². The maximum absolute atomic E-state index is 13.5. The summed E-state index contributed by atoms with van der Waals surface area (Å²) >= 11 is 5.98. The van der Waals surface area contributed by atoms with E-state index in [0.717, 1.165) is 11.1 Å². The standard InChI is InChI=1S/C16H15ClFNO/c17-15-10(4-3-7-13(15)18)8-16(20)9-14(19)11-5-1-2-6-12(11)16/h1-7,14,20H,8-9,19H2. The Hall–Kier alpha value is -1.42. The Morgan fingerprint density at radius 1 is 1.25 bits per heavy atom. The van der Waals surface area contributed by atoms with Gasteiger partial charge >= 0.3 is 0 Å². The second-order valence-electron chi connectivity index (χ2n) is 5.32. The molecule has 2 unspecified atom stereocenters. The Morgan fingerprint density at radius 3 is 2.80 bits per heavy atom. The van der Waals surface area contributed by atoms with Crippen LogP contribution in [0.25, 0.3) is 0 Å². The fourth-order valence-electron chi connectivity index (χ4n) is 3.00. The summed E-state index contributed by atoms with van der Waals surface area (Å²) in [4.78, 5) is 0. The Kier molecular flexibility index (Phi) is 3.28. The van der Waals surface area contributed by atoms with Crippen molar-refractivity contribution in [1.29, 1.82) is 0 Å². The third-order valence-corrected chi connectivity index (χ3v) is 4.36. The maximum atomic E-state index is 13.5. The lowest BCUT2D eigenvalue weighted by Gasteiger charge is -2.25. The summed E-state index contributed by atoms with van der Waals surface area (Å²) in [5.74, 6) is -0.469. The van der Waals surface area contributed by atoms with Gasteiger partial charge in [-0.05, 0) is 29.2 Å². The first-order valence-corrected chi connectivity index (χ1v) is 6.89.